The highest BCUT2D eigenvalue weighted by Gasteiger charge is 2.35. The van der Waals surface area contributed by atoms with E-state index in [0.717, 1.165) is 10.5 Å². The number of esters is 1. The molecule has 7 nitrogen and oxygen atoms in total. The summed E-state index contributed by atoms with van der Waals surface area (Å²) < 4.78 is 6.68. The summed E-state index contributed by atoms with van der Waals surface area (Å²) in [6.07, 6.45) is 5.15. The van der Waals surface area contributed by atoms with Gasteiger partial charge in [-0.25, -0.2) is 9.69 Å². The monoisotopic (exact) mass is 449 g/mol. The number of imide groups is 1. The molecule has 8 heteroatoms. The van der Waals surface area contributed by atoms with E-state index in [1.807, 2.05) is 0 Å². The van der Waals surface area contributed by atoms with Gasteiger partial charge in [-0.1, -0.05) is 18.2 Å². The Bertz CT molecular complexity index is 1210. The molecule has 1 aliphatic rings. The highest BCUT2D eigenvalue weighted by molar-refractivity contribution is 6.43. The zero-order valence-corrected chi connectivity index (χ0v) is 18.1. The normalized spacial score (nSPS) is 14.6. The lowest BCUT2D eigenvalue weighted by Gasteiger charge is -2.28. The van der Waals surface area contributed by atoms with E-state index in [-0.39, 0.29) is 6.61 Å². The maximum Gasteiger partial charge on any atom is 0.338 e. The Morgan fingerprint density at radius 2 is 1.78 bits per heavy atom. The summed E-state index contributed by atoms with van der Waals surface area (Å²) in [4.78, 5) is 39.7. The van der Waals surface area contributed by atoms with E-state index < -0.39 is 17.8 Å². The molecule has 0 aliphatic carbocycles. The van der Waals surface area contributed by atoms with Crippen molar-refractivity contribution in [2.24, 2.45) is 0 Å². The van der Waals surface area contributed by atoms with Gasteiger partial charge in [0.2, 0.25) is 0 Å². The van der Waals surface area contributed by atoms with Crippen LogP contribution in [0.2, 0.25) is 0 Å². The van der Waals surface area contributed by atoms with Gasteiger partial charge in [0, 0.05) is 28.8 Å². The van der Waals surface area contributed by atoms with Crippen LogP contribution < -0.4 is 4.90 Å². The third-order valence-electron chi connectivity index (χ3n) is 5.00. The number of alkyl halides is 1. The first kappa shape index (κ1) is 21.5. The highest BCUT2D eigenvalue weighted by atomic mass is 35.5. The minimum Gasteiger partial charge on any atom is -0.462 e. The summed E-state index contributed by atoms with van der Waals surface area (Å²) >= 11 is 5.77. The van der Waals surface area contributed by atoms with E-state index in [1.165, 1.54) is 12.1 Å². The zero-order valence-electron chi connectivity index (χ0n) is 17.3. The van der Waals surface area contributed by atoms with Crippen molar-refractivity contribution in [1.29, 1.82) is 0 Å². The van der Waals surface area contributed by atoms with Gasteiger partial charge in [-0.15, -0.1) is 11.6 Å². The predicted octanol–water partition coefficient (Wildman–Crippen LogP) is 4.03. The molecule has 162 valence electrons. The van der Waals surface area contributed by atoms with Gasteiger partial charge < -0.3 is 4.74 Å². The lowest BCUT2D eigenvalue weighted by molar-refractivity contribution is -0.112. The summed E-state index contributed by atoms with van der Waals surface area (Å²) in [7, 11) is 0. The zero-order chi connectivity index (χ0) is 22.7. The van der Waals surface area contributed by atoms with Crippen LogP contribution in [0.3, 0.4) is 0 Å². The Morgan fingerprint density at radius 1 is 1.06 bits per heavy atom. The molecular formula is C24H20ClN3O4. The fraction of sp³-hybridized carbons (Fsp3) is 0.167. The highest BCUT2D eigenvalue weighted by Crippen LogP contribution is 2.33. The Hall–Kier alpha value is -3.71. The van der Waals surface area contributed by atoms with Crippen LogP contribution in [-0.2, 0) is 16.1 Å². The van der Waals surface area contributed by atoms with Crippen LogP contribution >= 0.6 is 11.6 Å². The molecule has 4 rings (SSSR count). The Labute approximate surface area is 189 Å². The molecular weight excluding hydrogens is 430 g/mol. The molecule has 32 heavy (non-hydrogen) atoms. The van der Waals surface area contributed by atoms with E-state index in [1.54, 1.807) is 66.5 Å². The maximum absolute atomic E-state index is 13.5. The SMILES string of the molecule is CCOC(=O)c1ccc(N2C(=O)/C(=C/c3cnn(CCCl)c3)c3ccccc3C2=O)cc1. The average molecular weight is 450 g/mol. The molecule has 1 aliphatic heterocycles. The number of anilines is 1. The smallest absolute Gasteiger partial charge is 0.338 e. The molecule has 2 aromatic carbocycles. The predicted molar refractivity (Wildman–Crippen MR) is 121 cm³/mol. The minimum atomic E-state index is -0.463. The third-order valence-corrected chi connectivity index (χ3v) is 5.17. The molecule has 0 atom stereocenters. The second-order valence-electron chi connectivity index (χ2n) is 7.04. The first-order valence-electron chi connectivity index (χ1n) is 10.1. The lowest BCUT2D eigenvalue weighted by atomic mass is 9.92. The number of carbonyl (C=O) groups excluding carboxylic acids is 3. The van der Waals surface area contributed by atoms with Crippen LogP contribution in [0.5, 0.6) is 0 Å². The van der Waals surface area contributed by atoms with Crippen LogP contribution in [-0.4, -0.2) is 40.1 Å². The van der Waals surface area contributed by atoms with E-state index in [2.05, 4.69) is 5.10 Å². The second kappa shape index (κ2) is 9.20. The number of hydrogen-bond acceptors (Lipinski definition) is 5. The number of fused-ring (bicyclic) bond motifs is 1. The summed E-state index contributed by atoms with van der Waals surface area (Å²) in [5.74, 6) is -0.925. The van der Waals surface area contributed by atoms with E-state index >= 15 is 0 Å². The number of halogens is 1. The number of benzene rings is 2. The van der Waals surface area contributed by atoms with Gasteiger partial charge in [0.1, 0.15) is 0 Å². The Balaban J connectivity index is 1.75. The van der Waals surface area contributed by atoms with Crippen LogP contribution in [0, 0.1) is 0 Å². The summed E-state index contributed by atoms with van der Waals surface area (Å²) in [5.41, 5.74) is 2.79. The van der Waals surface area contributed by atoms with Gasteiger partial charge >= 0.3 is 5.97 Å². The topological polar surface area (TPSA) is 81.5 Å². The first-order valence-corrected chi connectivity index (χ1v) is 10.6. The molecule has 3 aromatic rings. The number of ether oxygens (including phenoxy) is 1. The van der Waals surface area contributed by atoms with Crippen molar-refractivity contribution in [3.8, 4) is 0 Å². The number of rotatable bonds is 6. The van der Waals surface area contributed by atoms with Crippen molar-refractivity contribution >= 4 is 46.7 Å². The molecule has 0 saturated carbocycles. The van der Waals surface area contributed by atoms with Crippen molar-refractivity contribution in [3.63, 3.8) is 0 Å². The first-order chi connectivity index (χ1) is 15.5. The number of nitrogens with zero attached hydrogens (tertiary/aromatic N) is 3. The summed E-state index contributed by atoms with van der Waals surface area (Å²) in [6.45, 7) is 2.53. The van der Waals surface area contributed by atoms with Gasteiger partial charge in [-0.3, -0.25) is 14.3 Å². The standard InChI is InChI=1S/C24H20ClN3O4/c1-2-32-24(31)17-7-9-18(10-8-17)28-22(29)20-6-4-3-5-19(20)21(23(28)30)13-16-14-26-27(15-16)12-11-25/h3-10,13-15H,2,11-12H2,1H3/b21-13+. The fourth-order valence-corrected chi connectivity index (χ4v) is 3.69. The fourth-order valence-electron chi connectivity index (χ4n) is 3.52. The van der Waals surface area contributed by atoms with Gasteiger partial charge in [0.05, 0.1) is 30.6 Å². The van der Waals surface area contributed by atoms with Crippen LogP contribution in [0.1, 0.15) is 38.8 Å². The Morgan fingerprint density at radius 3 is 2.47 bits per heavy atom. The van der Waals surface area contributed by atoms with Crippen molar-refractivity contribution in [3.05, 3.63) is 83.2 Å². The van der Waals surface area contributed by atoms with Gasteiger partial charge in [-0.05, 0) is 48.9 Å². The molecule has 2 heterocycles. The van der Waals surface area contributed by atoms with Gasteiger partial charge in [-0.2, -0.15) is 5.10 Å². The van der Waals surface area contributed by atoms with Gasteiger partial charge in [0.25, 0.3) is 11.8 Å². The van der Waals surface area contributed by atoms with Crippen molar-refractivity contribution in [1.82, 2.24) is 9.78 Å². The minimum absolute atomic E-state index is 0.260. The summed E-state index contributed by atoms with van der Waals surface area (Å²) in [6, 6.07) is 13.2. The lowest BCUT2D eigenvalue weighted by Crippen LogP contribution is -2.41. The molecule has 0 unspecified atom stereocenters. The average Bonchev–Trinajstić information content (AvgIpc) is 3.25. The van der Waals surface area contributed by atoms with Crippen LogP contribution in [0.4, 0.5) is 5.69 Å². The second-order valence-corrected chi connectivity index (χ2v) is 7.42. The molecule has 0 bridgehead atoms. The Kier molecular flexibility index (Phi) is 6.18. The van der Waals surface area contributed by atoms with Crippen molar-refractivity contribution in [2.45, 2.75) is 13.5 Å². The van der Waals surface area contributed by atoms with Crippen molar-refractivity contribution in [2.75, 3.05) is 17.4 Å². The van der Waals surface area contributed by atoms with E-state index in [0.29, 0.717) is 40.4 Å². The van der Waals surface area contributed by atoms with Crippen molar-refractivity contribution < 1.29 is 19.1 Å². The number of aromatic nitrogens is 2. The number of amides is 2. The molecule has 0 spiro atoms. The maximum atomic E-state index is 13.5. The molecule has 0 radical (unpaired) electrons. The molecule has 0 saturated heterocycles. The number of hydrogen-bond donors (Lipinski definition) is 0. The van der Waals surface area contributed by atoms with Crippen LogP contribution in [0.15, 0.2) is 60.9 Å². The summed E-state index contributed by atoms with van der Waals surface area (Å²) in [5, 5.41) is 4.24. The largest absolute Gasteiger partial charge is 0.462 e. The molecule has 2 amide bonds. The third kappa shape index (κ3) is 4.07. The van der Waals surface area contributed by atoms with Gasteiger partial charge in [0.15, 0.2) is 0 Å². The van der Waals surface area contributed by atoms with E-state index in [9.17, 15) is 14.4 Å². The quantitative estimate of drug-likeness (QED) is 0.245. The van der Waals surface area contributed by atoms with E-state index in [4.69, 9.17) is 16.3 Å². The molecule has 1 aromatic heterocycles. The number of carbonyl (C=O) groups is 3. The number of aryl methyl sites for hydroxylation is 1. The van der Waals surface area contributed by atoms with Crippen LogP contribution in [0.25, 0.3) is 11.6 Å². The molecule has 0 N–H and O–H groups in total. The molecule has 0 fully saturated rings.